The van der Waals surface area contributed by atoms with Crippen LogP contribution in [0.2, 0.25) is 5.02 Å². The summed E-state index contributed by atoms with van der Waals surface area (Å²) in [5, 5.41) is 20.8. The Balaban J connectivity index is 1.86. The number of carbonyl (C=O) groups is 1. The van der Waals surface area contributed by atoms with Crippen molar-refractivity contribution in [2.24, 2.45) is 0 Å². The van der Waals surface area contributed by atoms with E-state index in [0.717, 1.165) is 0 Å². The lowest BCUT2D eigenvalue weighted by Gasteiger charge is -2.15. The number of pyridine rings is 1. The number of hydrogen-bond acceptors (Lipinski definition) is 8. The molecule has 1 aromatic carbocycles. The molecule has 3 rings (SSSR count). The molecule has 1 amide bonds. The van der Waals surface area contributed by atoms with Crippen LogP contribution in [-0.2, 0) is 0 Å². The van der Waals surface area contributed by atoms with Gasteiger partial charge in [0.2, 0.25) is 5.13 Å². The molecule has 170 valence electrons. The van der Waals surface area contributed by atoms with Crippen LogP contribution in [0.4, 0.5) is 9.52 Å². The fourth-order valence-corrected chi connectivity index (χ4v) is 5.00. The van der Waals surface area contributed by atoms with Gasteiger partial charge in [-0.05, 0) is 45.4 Å². The lowest BCUT2D eigenvalue weighted by atomic mass is 9.98. The first-order chi connectivity index (χ1) is 15.1. The van der Waals surface area contributed by atoms with Crippen LogP contribution < -0.4 is 10.1 Å². The Hall–Kier alpha value is -2.27. The SMILES string of the molecule is COc1ccc(Cl)c(F)c1-c1cc(C)ncc1C(=O)Nc1nnc(SCCC(C)(C)O)s1. The number of aliphatic hydroxyl groups is 1. The predicted octanol–water partition coefficient (Wildman–Crippen LogP) is 5.22. The number of methoxy groups -OCH3 is 1. The van der Waals surface area contributed by atoms with Crippen molar-refractivity contribution in [1.82, 2.24) is 15.2 Å². The molecule has 0 fully saturated rings. The second-order valence-electron chi connectivity index (χ2n) is 7.55. The lowest BCUT2D eigenvalue weighted by Crippen LogP contribution is -2.18. The highest BCUT2D eigenvalue weighted by atomic mass is 35.5. The predicted molar refractivity (Wildman–Crippen MR) is 125 cm³/mol. The summed E-state index contributed by atoms with van der Waals surface area (Å²) in [6, 6.07) is 4.54. The van der Waals surface area contributed by atoms with Crippen molar-refractivity contribution < 1.29 is 19.0 Å². The number of aryl methyl sites for hydroxylation is 1. The quantitative estimate of drug-likeness (QED) is 0.326. The molecule has 0 unspecified atom stereocenters. The molecule has 0 saturated heterocycles. The number of carbonyl (C=O) groups excluding carboxylic acids is 1. The van der Waals surface area contributed by atoms with E-state index in [0.29, 0.717) is 32.9 Å². The summed E-state index contributed by atoms with van der Waals surface area (Å²) >= 11 is 8.64. The Bertz CT molecular complexity index is 1130. The summed E-state index contributed by atoms with van der Waals surface area (Å²) in [6.07, 6.45) is 1.96. The van der Waals surface area contributed by atoms with Crippen molar-refractivity contribution >= 4 is 45.7 Å². The van der Waals surface area contributed by atoms with Crippen molar-refractivity contribution in [1.29, 1.82) is 0 Å². The van der Waals surface area contributed by atoms with Crippen molar-refractivity contribution in [2.75, 3.05) is 18.2 Å². The highest BCUT2D eigenvalue weighted by Crippen LogP contribution is 2.38. The normalized spacial score (nSPS) is 11.5. The van der Waals surface area contributed by atoms with E-state index in [1.54, 1.807) is 32.9 Å². The van der Waals surface area contributed by atoms with Gasteiger partial charge in [0.25, 0.3) is 5.91 Å². The minimum atomic E-state index is -0.764. The third-order valence-electron chi connectivity index (χ3n) is 4.40. The van der Waals surface area contributed by atoms with Crippen LogP contribution in [0.1, 0.15) is 36.3 Å². The summed E-state index contributed by atoms with van der Waals surface area (Å²) in [5.74, 6) is -0.301. The summed E-state index contributed by atoms with van der Waals surface area (Å²) in [7, 11) is 1.41. The molecule has 32 heavy (non-hydrogen) atoms. The number of nitrogens with one attached hydrogen (secondary N) is 1. The van der Waals surface area contributed by atoms with Crippen molar-refractivity contribution in [2.45, 2.75) is 37.1 Å². The van der Waals surface area contributed by atoms with E-state index in [2.05, 4.69) is 20.5 Å². The highest BCUT2D eigenvalue weighted by Gasteiger charge is 2.23. The number of rotatable bonds is 8. The minimum Gasteiger partial charge on any atom is -0.496 e. The second-order valence-corrected chi connectivity index (χ2v) is 10.3. The smallest absolute Gasteiger partial charge is 0.259 e. The maximum atomic E-state index is 14.9. The summed E-state index contributed by atoms with van der Waals surface area (Å²) < 4.78 is 20.9. The highest BCUT2D eigenvalue weighted by molar-refractivity contribution is 8.01. The van der Waals surface area contributed by atoms with Crippen LogP contribution in [-0.4, -0.2) is 44.7 Å². The molecular formula is C21H22ClFN4O3S2. The molecule has 0 bridgehead atoms. The Morgan fingerprint density at radius 2 is 2.12 bits per heavy atom. The number of hydrogen-bond donors (Lipinski definition) is 2. The first-order valence-electron chi connectivity index (χ1n) is 9.58. The first-order valence-corrected chi connectivity index (χ1v) is 11.8. The van der Waals surface area contributed by atoms with Gasteiger partial charge in [-0.2, -0.15) is 0 Å². The van der Waals surface area contributed by atoms with Gasteiger partial charge in [0.05, 0.1) is 28.9 Å². The van der Waals surface area contributed by atoms with Gasteiger partial charge in [0.15, 0.2) is 10.2 Å². The van der Waals surface area contributed by atoms with E-state index in [-0.39, 0.29) is 21.9 Å². The van der Waals surface area contributed by atoms with Crippen molar-refractivity contribution in [3.63, 3.8) is 0 Å². The zero-order chi connectivity index (χ0) is 23.5. The molecule has 0 saturated carbocycles. The van der Waals surface area contributed by atoms with Gasteiger partial charge in [0, 0.05) is 23.2 Å². The minimum absolute atomic E-state index is 0.0794. The van der Waals surface area contributed by atoms with Crippen molar-refractivity contribution in [3.05, 3.63) is 46.5 Å². The largest absolute Gasteiger partial charge is 0.496 e. The molecule has 0 atom stereocenters. The van der Waals surface area contributed by atoms with E-state index in [1.807, 2.05) is 0 Å². The Kier molecular flexibility index (Phi) is 7.71. The first kappa shape index (κ1) is 24.4. The van der Waals surface area contributed by atoms with Gasteiger partial charge in [-0.15, -0.1) is 10.2 Å². The summed E-state index contributed by atoms with van der Waals surface area (Å²) in [6.45, 7) is 5.22. The molecule has 0 spiro atoms. The molecule has 2 N–H and O–H groups in total. The maximum absolute atomic E-state index is 14.9. The van der Waals surface area contributed by atoms with Gasteiger partial charge in [-0.25, -0.2) is 4.39 Å². The zero-order valence-electron chi connectivity index (χ0n) is 17.9. The fraction of sp³-hybridized carbons (Fsp3) is 0.333. The van der Waals surface area contributed by atoms with E-state index in [4.69, 9.17) is 16.3 Å². The van der Waals surface area contributed by atoms with E-state index >= 15 is 0 Å². The lowest BCUT2D eigenvalue weighted by molar-refractivity contribution is 0.0777. The Labute approximate surface area is 198 Å². The van der Waals surface area contributed by atoms with Gasteiger partial charge in [-0.1, -0.05) is 34.7 Å². The number of thioether (sulfide) groups is 1. The molecule has 2 heterocycles. The maximum Gasteiger partial charge on any atom is 0.259 e. The van der Waals surface area contributed by atoms with E-state index in [9.17, 15) is 14.3 Å². The average Bonchev–Trinajstić information content (AvgIpc) is 3.15. The van der Waals surface area contributed by atoms with Crippen LogP contribution in [0.5, 0.6) is 5.75 Å². The molecule has 0 radical (unpaired) electrons. The monoisotopic (exact) mass is 496 g/mol. The van der Waals surface area contributed by atoms with Crippen LogP contribution in [0.3, 0.4) is 0 Å². The number of halogens is 2. The van der Waals surface area contributed by atoms with Crippen LogP contribution in [0, 0.1) is 12.7 Å². The molecule has 0 aliphatic carbocycles. The van der Waals surface area contributed by atoms with Gasteiger partial charge in [-0.3, -0.25) is 15.1 Å². The molecule has 3 aromatic rings. The number of ether oxygens (including phenoxy) is 1. The molecule has 0 aliphatic rings. The third kappa shape index (κ3) is 5.94. The van der Waals surface area contributed by atoms with Crippen LogP contribution in [0.25, 0.3) is 11.1 Å². The molecule has 0 aliphatic heterocycles. The van der Waals surface area contributed by atoms with Crippen LogP contribution >= 0.6 is 34.7 Å². The molecule has 11 heteroatoms. The van der Waals surface area contributed by atoms with E-state index < -0.39 is 17.3 Å². The number of nitrogens with zero attached hydrogens (tertiary/aromatic N) is 3. The third-order valence-corrected chi connectivity index (χ3v) is 6.66. The van der Waals surface area contributed by atoms with Crippen LogP contribution in [0.15, 0.2) is 28.7 Å². The average molecular weight is 497 g/mol. The summed E-state index contributed by atoms with van der Waals surface area (Å²) in [5.41, 5.74) is 0.355. The van der Waals surface area contributed by atoms with Gasteiger partial charge >= 0.3 is 0 Å². The second kappa shape index (κ2) is 10.1. The van der Waals surface area contributed by atoms with Gasteiger partial charge < -0.3 is 9.84 Å². The molecule has 2 aromatic heterocycles. The van der Waals surface area contributed by atoms with Gasteiger partial charge in [0.1, 0.15) is 5.75 Å². The Morgan fingerprint density at radius 1 is 1.38 bits per heavy atom. The molecule has 7 nitrogen and oxygen atoms in total. The molecular weight excluding hydrogens is 475 g/mol. The topological polar surface area (TPSA) is 97.2 Å². The van der Waals surface area contributed by atoms with E-state index in [1.165, 1.54) is 42.5 Å². The van der Waals surface area contributed by atoms with Crippen molar-refractivity contribution in [3.8, 4) is 16.9 Å². The summed E-state index contributed by atoms with van der Waals surface area (Å²) in [4.78, 5) is 17.2. The Morgan fingerprint density at radius 3 is 2.81 bits per heavy atom. The number of anilines is 1. The number of benzene rings is 1. The standard InChI is InChI=1S/C21H22ClFN4O3S2/c1-11-9-12(16-15(30-4)6-5-14(22)17(16)23)13(10-24-11)18(28)25-19-26-27-20(32-19)31-8-7-21(2,3)29/h5-6,9-10,29H,7-8H2,1-4H3,(H,25,26,28). The fourth-order valence-electron chi connectivity index (χ4n) is 2.77. The zero-order valence-corrected chi connectivity index (χ0v) is 20.3. The number of amides is 1. The number of aromatic nitrogens is 3.